The molecule has 1 atom stereocenters. The van der Waals surface area contributed by atoms with E-state index in [0.29, 0.717) is 6.42 Å². The van der Waals surface area contributed by atoms with Crippen LogP contribution in [0.15, 0.2) is 18.3 Å². The summed E-state index contributed by atoms with van der Waals surface area (Å²) >= 11 is 0. The van der Waals surface area contributed by atoms with Gasteiger partial charge in [0.2, 0.25) is 17.7 Å². The molecule has 2 aliphatic heterocycles. The Labute approximate surface area is 329 Å². The van der Waals surface area contributed by atoms with Crippen molar-refractivity contribution in [1.29, 1.82) is 0 Å². The van der Waals surface area contributed by atoms with E-state index in [1.165, 1.54) is 6.92 Å². The minimum absolute atomic E-state index is 0. The average molecular weight is 791 g/mol. The summed E-state index contributed by atoms with van der Waals surface area (Å²) < 4.78 is 122. The minimum Gasteiger partial charge on any atom is -0.747 e. The normalized spacial score (nSPS) is 16.3. The number of benzene rings is 2. The molecule has 292 valence electrons. The third kappa shape index (κ3) is 12.4. The molecule has 0 bridgehead atoms. The summed E-state index contributed by atoms with van der Waals surface area (Å²) in [6, 6.07) is 1.06. The van der Waals surface area contributed by atoms with Crippen molar-refractivity contribution in [2.24, 2.45) is 0 Å². The zero-order valence-corrected chi connectivity index (χ0v) is 35.2. The maximum atomic E-state index is 13.4. The fourth-order valence-electron chi connectivity index (χ4n) is 5.12. The number of amides is 3. The molecule has 0 radical (unpaired) electrons. The fraction of sp³-hybridized carbons (Fsp3) is 0.528. The zero-order chi connectivity index (χ0) is 41.2. The maximum Gasteiger partial charge on any atom is 1.00 e. The molecule has 2 aromatic carbocycles. The Balaban J connectivity index is 0.000000680. The number of hydrogen-bond acceptors (Lipinski definition) is 6. The van der Waals surface area contributed by atoms with Gasteiger partial charge < -0.3 is 9.45 Å². The van der Waals surface area contributed by atoms with E-state index >= 15 is 0 Å². The first-order chi connectivity index (χ1) is 23.2. The second kappa shape index (κ2) is 18.2. The Morgan fingerprint density at radius 3 is 1.28 bits per heavy atom. The Morgan fingerprint density at radius 1 is 0.660 bits per heavy atom. The van der Waals surface area contributed by atoms with Crippen LogP contribution in [-0.2, 0) is 29.9 Å². The summed E-state index contributed by atoms with van der Waals surface area (Å²) in [7, 11) is -4.74. The molecule has 0 spiro atoms. The second-order valence-corrected chi connectivity index (χ2v) is 16.9. The third-order valence-corrected chi connectivity index (χ3v) is 8.95. The van der Waals surface area contributed by atoms with Crippen molar-refractivity contribution in [3.8, 4) is 0 Å². The SMILES string of the molecule is C=C1CCC(=O)N1C(C)(C)C.CC(C)(C)N1C(=O)CC(S(=O)(=O)[O-])C1=O.Cc1c(F)c(F)c(C)c(F)c1F.Cc1c(F)cc(C(C)(C)C)c(F)c1F.[Na+]. The Kier molecular flexibility index (Phi) is 17.3. The first-order valence-corrected chi connectivity index (χ1v) is 17.4. The molecule has 1 unspecified atom stereocenters. The molecule has 2 heterocycles. The van der Waals surface area contributed by atoms with Crippen molar-refractivity contribution in [2.75, 3.05) is 0 Å². The molecule has 2 fully saturated rings. The minimum atomic E-state index is -4.74. The number of likely N-dealkylation sites (tertiary alicyclic amines) is 2. The van der Waals surface area contributed by atoms with Crippen molar-refractivity contribution >= 4 is 27.8 Å². The molecule has 2 aromatic rings. The Bertz CT molecular complexity index is 1730. The van der Waals surface area contributed by atoms with Gasteiger partial charge in [-0.1, -0.05) is 27.4 Å². The monoisotopic (exact) mass is 790 g/mol. The topological polar surface area (TPSA) is 115 Å². The molecule has 3 amide bonds. The smallest absolute Gasteiger partial charge is 0.747 e. The van der Waals surface area contributed by atoms with Gasteiger partial charge in [0.25, 0.3) is 0 Å². The maximum absolute atomic E-state index is 13.4. The first-order valence-electron chi connectivity index (χ1n) is 16.0. The van der Waals surface area contributed by atoms with Crippen molar-refractivity contribution in [1.82, 2.24) is 9.80 Å². The van der Waals surface area contributed by atoms with Gasteiger partial charge in [0, 0.05) is 39.9 Å². The largest absolute Gasteiger partial charge is 1.00 e. The second-order valence-electron chi connectivity index (χ2n) is 15.3. The van der Waals surface area contributed by atoms with Gasteiger partial charge in [-0.05, 0) is 85.8 Å². The van der Waals surface area contributed by atoms with Crippen molar-refractivity contribution in [2.45, 2.75) is 124 Å². The van der Waals surface area contributed by atoms with Gasteiger partial charge >= 0.3 is 29.6 Å². The van der Waals surface area contributed by atoms with Gasteiger partial charge in [-0.2, -0.15) is 0 Å². The molecular formula is C36H46F7N2NaO6S. The predicted molar refractivity (Wildman–Crippen MR) is 180 cm³/mol. The number of allylic oxidation sites excluding steroid dienone is 1. The fourth-order valence-corrected chi connectivity index (χ4v) is 5.82. The number of carbonyl (C=O) groups is 3. The molecule has 0 saturated carbocycles. The number of rotatable bonds is 1. The molecule has 0 aliphatic carbocycles. The van der Waals surface area contributed by atoms with Crippen LogP contribution in [0.25, 0.3) is 0 Å². The third-order valence-electron chi connectivity index (χ3n) is 7.89. The molecule has 0 aromatic heterocycles. The van der Waals surface area contributed by atoms with Crippen LogP contribution in [0.5, 0.6) is 0 Å². The molecular weight excluding hydrogens is 744 g/mol. The summed E-state index contributed by atoms with van der Waals surface area (Å²) in [4.78, 5) is 36.9. The molecule has 2 aliphatic rings. The number of halogens is 7. The van der Waals surface area contributed by atoms with Crippen molar-refractivity contribution in [3.63, 3.8) is 0 Å². The molecule has 53 heavy (non-hydrogen) atoms. The van der Waals surface area contributed by atoms with Crippen molar-refractivity contribution in [3.05, 3.63) is 81.3 Å². The van der Waals surface area contributed by atoms with E-state index in [1.807, 2.05) is 20.8 Å². The zero-order valence-electron chi connectivity index (χ0n) is 32.4. The summed E-state index contributed by atoms with van der Waals surface area (Å²) in [5, 5.41) is -1.75. The van der Waals surface area contributed by atoms with Gasteiger partial charge in [0.05, 0.1) is 6.42 Å². The van der Waals surface area contributed by atoms with Crippen LogP contribution in [0.3, 0.4) is 0 Å². The van der Waals surface area contributed by atoms with Gasteiger partial charge in [-0.15, -0.1) is 0 Å². The van der Waals surface area contributed by atoms with E-state index < -0.39 is 96.4 Å². The summed E-state index contributed by atoms with van der Waals surface area (Å²) in [5.74, 6) is -9.36. The van der Waals surface area contributed by atoms with E-state index in [-0.39, 0.29) is 52.1 Å². The average Bonchev–Trinajstić information content (AvgIpc) is 3.51. The molecule has 8 nitrogen and oxygen atoms in total. The van der Waals surface area contributed by atoms with E-state index in [2.05, 4.69) is 6.58 Å². The van der Waals surface area contributed by atoms with Gasteiger partial charge in [0.1, 0.15) is 21.2 Å². The van der Waals surface area contributed by atoms with Crippen molar-refractivity contribution < 1.29 is 87.6 Å². The molecule has 17 heteroatoms. The quantitative estimate of drug-likeness (QED) is 0.133. The van der Waals surface area contributed by atoms with Crippen LogP contribution >= 0.6 is 0 Å². The summed E-state index contributed by atoms with van der Waals surface area (Å²) in [6.07, 6.45) is 0.925. The van der Waals surface area contributed by atoms with Crippen LogP contribution in [-0.4, -0.2) is 56.8 Å². The Hall–Kier alpha value is -2.79. The first kappa shape index (κ1) is 50.2. The van der Waals surface area contributed by atoms with Crippen LogP contribution in [0.1, 0.15) is 104 Å². The standard InChI is InChI=1S/C11H13F3.C9H15NO.C8H6F4.C8H13NO5S.Na/c1-6-8(12)5-7(11(2,3)4)10(14)9(6)13;1-7-5-6-8(11)10(7)9(2,3)4;1-3-5(9)7(11)4(2)8(12)6(3)10;1-8(2,3)9-6(10)4-5(7(9)11)15(12,13)14;/h5H,1-4H3;1,5-6H2,2-4H3;1-2H3;5H,4H2,1-3H3,(H,12,13,14);/q;;;;+1/p-1. The number of nitrogens with zero attached hydrogens (tertiary/aromatic N) is 2. The van der Waals surface area contributed by atoms with E-state index in [0.717, 1.165) is 36.9 Å². The number of imide groups is 1. The van der Waals surface area contributed by atoms with Crippen LogP contribution < -0.4 is 29.6 Å². The Morgan fingerprint density at radius 2 is 1.04 bits per heavy atom. The number of hydrogen-bond donors (Lipinski definition) is 0. The van der Waals surface area contributed by atoms with E-state index in [4.69, 9.17) is 0 Å². The van der Waals surface area contributed by atoms with Crippen LogP contribution in [0.2, 0.25) is 0 Å². The van der Waals surface area contributed by atoms with Gasteiger partial charge in [-0.3, -0.25) is 19.3 Å². The molecule has 0 N–H and O–H groups in total. The molecule has 4 rings (SSSR count). The predicted octanol–water partition coefficient (Wildman–Crippen LogP) is 4.95. The summed E-state index contributed by atoms with van der Waals surface area (Å²) in [6.45, 7) is 23.1. The van der Waals surface area contributed by atoms with E-state index in [1.54, 1.807) is 46.4 Å². The van der Waals surface area contributed by atoms with Crippen LogP contribution in [0, 0.1) is 61.5 Å². The van der Waals surface area contributed by atoms with Crippen LogP contribution in [0.4, 0.5) is 30.7 Å². The number of carbonyl (C=O) groups excluding carboxylic acids is 3. The summed E-state index contributed by atoms with van der Waals surface area (Å²) in [5.41, 5.74) is -1.99. The van der Waals surface area contributed by atoms with E-state index in [9.17, 15) is 58.1 Å². The van der Waals surface area contributed by atoms with Gasteiger partial charge in [0.15, 0.2) is 34.9 Å². The molecule has 2 saturated heterocycles. The van der Waals surface area contributed by atoms with Gasteiger partial charge in [-0.25, -0.2) is 39.2 Å².